The normalized spacial score (nSPS) is 17.9. The van der Waals surface area contributed by atoms with Crippen LogP contribution in [0.1, 0.15) is 19.3 Å². The maximum absolute atomic E-state index is 12.9. The van der Waals surface area contributed by atoms with E-state index in [9.17, 15) is 9.90 Å². The summed E-state index contributed by atoms with van der Waals surface area (Å²) in [4.78, 5) is 23.8. The van der Waals surface area contributed by atoms with Gasteiger partial charge in [0.2, 0.25) is 5.88 Å². The summed E-state index contributed by atoms with van der Waals surface area (Å²) in [7, 11) is 1.55. The van der Waals surface area contributed by atoms with Gasteiger partial charge in [-0.05, 0) is 42.4 Å². The molecule has 2 amide bonds. The molecule has 1 spiro atoms. The van der Waals surface area contributed by atoms with Crippen LogP contribution in [0.5, 0.6) is 11.6 Å². The Morgan fingerprint density at radius 3 is 2.94 bits per heavy atom. The molecule has 0 radical (unpaired) electrons. The minimum absolute atomic E-state index is 0.131. The van der Waals surface area contributed by atoms with Crippen LogP contribution in [0.2, 0.25) is 0 Å². The number of methoxy groups -OCH3 is 1. The summed E-state index contributed by atoms with van der Waals surface area (Å²) in [5.74, 6) is 0.577. The standard InChI is InChI=1S/C22H24N4O4S/c1-29-19-17-18(16(12-23-19)14-3-2-4-15(27)11-14)31-20(24-17)25-21(28)26-8-5-22(13-26)6-9-30-10-7-22/h2-4,11-12,27H,5-10,13H2,1H3,(H,24,25,28). The summed E-state index contributed by atoms with van der Waals surface area (Å²) in [6, 6.07) is 6.85. The lowest BCUT2D eigenvalue weighted by Gasteiger charge is -2.33. The van der Waals surface area contributed by atoms with Gasteiger partial charge in [-0.15, -0.1) is 0 Å². The van der Waals surface area contributed by atoms with Crippen LogP contribution in [0, 0.1) is 5.41 Å². The summed E-state index contributed by atoms with van der Waals surface area (Å²) in [6.45, 7) is 3.05. The number of phenolic OH excluding ortho intramolecular Hbond substituents is 1. The van der Waals surface area contributed by atoms with E-state index < -0.39 is 0 Å². The Bertz CT molecular complexity index is 1130. The van der Waals surface area contributed by atoms with Crippen molar-refractivity contribution in [2.75, 3.05) is 38.7 Å². The second-order valence-corrected chi connectivity index (χ2v) is 9.14. The Balaban J connectivity index is 1.42. The number of benzene rings is 1. The van der Waals surface area contributed by atoms with Gasteiger partial charge in [-0.1, -0.05) is 23.5 Å². The number of hydrogen-bond acceptors (Lipinski definition) is 7. The number of anilines is 1. The van der Waals surface area contributed by atoms with Crippen LogP contribution in [0.3, 0.4) is 0 Å². The zero-order chi connectivity index (χ0) is 21.4. The number of thiazole rings is 1. The molecule has 0 saturated carbocycles. The van der Waals surface area contributed by atoms with E-state index in [2.05, 4.69) is 15.3 Å². The van der Waals surface area contributed by atoms with Crippen molar-refractivity contribution in [3.63, 3.8) is 0 Å². The van der Waals surface area contributed by atoms with Crippen molar-refractivity contribution in [2.45, 2.75) is 19.3 Å². The van der Waals surface area contributed by atoms with Crippen LogP contribution < -0.4 is 10.1 Å². The molecule has 1 aromatic carbocycles. The number of rotatable bonds is 3. The van der Waals surface area contributed by atoms with Gasteiger partial charge in [-0.3, -0.25) is 5.32 Å². The number of pyridine rings is 1. The molecule has 0 atom stereocenters. The Kier molecular flexibility index (Phi) is 5.15. The first kappa shape index (κ1) is 20.0. The molecule has 2 saturated heterocycles. The molecule has 0 aliphatic carbocycles. The van der Waals surface area contributed by atoms with Gasteiger partial charge in [0, 0.05) is 38.1 Å². The van der Waals surface area contributed by atoms with Crippen molar-refractivity contribution < 1.29 is 19.4 Å². The highest BCUT2D eigenvalue weighted by Gasteiger charge is 2.41. The number of phenols is 1. The fourth-order valence-corrected chi connectivity index (χ4v) is 5.44. The van der Waals surface area contributed by atoms with Gasteiger partial charge < -0.3 is 19.5 Å². The number of aromatic hydroxyl groups is 1. The number of urea groups is 1. The van der Waals surface area contributed by atoms with Crippen molar-refractivity contribution in [3.05, 3.63) is 30.5 Å². The topological polar surface area (TPSA) is 96.8 Å². The Morgan fingerprint density at radius 2 is 2.16 bits per heavy atom. The quantitative estimate of drug-likeness (QED) is 0.636. The number of carbonyl (C=O) groups is 1. The molecular weight excluding hydrogens is 416 g/mol. The lowest BCUT2D eigenvalue weighted by molar-refractivity contribution is 0.0211. The lowest BCUT2D eigenvalue weighted by Crippen LogP contribution is -2.37. The molecule has 0 unspecified atom stereocenters. The largest absolute Gasteiger partial charge is 0.508 e. The first-order valence-corrected chi connectivity index (χ1v) is 11.2. The maximum atomic E-state index is 12.9. The molecular formula is C22H24N4O4S. The van der Waals surface area contributed by atoms with Crippen LogP contribution in [0.15, 0.2) is 30.5 Å². The second-order valence-electron chi connectivity index (χ2n) is 8.14. The third-order valence-corrected chi connectivity index (χ3v) is 7.23. The minimum atomic E-state index is -0.131. The number of nitrogens with one attached hydrogen (secondary N) is 1. The second kappa shape index (κ2) is 7.97. The lowest BCUT2D eigenvalue weighted by atomic mass is 9.80. The van der Waals surface area contributed by atoms with Crippen LogP contribution in [0.4, 0.5) is 9.93 Å². The number of amides is 2. The number of carbonyl (C=O) groups excluding carboxylic acids is 1. The van der Waals surface area contributed by atoms with Gasteiger partial charge >= 0.3 is 6.03 Å². The third-order valence-electron chi connectivity index (χ3n) is 6.23. The van der Waals surface area contributed by atoms with Gasteiger partial charge in [0.05, 0.1) is 11.8 Å². The maximum Gasteiger partial charge on any atom is 0.323 e. The highest BCUT2D eigenvalue weighted by molar-refractivity contribution is 7.23. The SMILES string of the molecule is COc1ncc(-c2cccc(O)c2)c2sc(NC(=O)N3CCC4(CCOCC4)C3)nc12. The molecule has 4 heterocycles. The van der Waals surface area contributed by atoms with Crippen LogP contribution >= 0.6 is 11.3 Å². The fourth-order valence-electron chi connectivity index (χ4n) is 4.46. The number of fused-ring (bicyclic) bond motifs is 1. The summed E-state index contributed by atoms with van der Waals surface area (Å²) in [5.41, 5.74) is 2.43. The molecule has 2 aliphatic heterocycles. The van der Waals surface area contributed by atoms with Gasteiger partial charge in [-0.2, -0.15) is 0 Å². The Hall–Kier alpha value is -2.91. The van der Waals surface area contributed by atoms with E-state index in [-0.39, 0.29) is 17.2 Å². The predicted octanol–water partition coefficient (Wildman–Crippen LogP) is 4.11. The molecule has 2 aromatic heterocycles. The van der Waals surface area contributed by atoms with E-state index in [4.69, 9.17) is 9.47 Å². The number of hydrogen-bond donors (Lipinski definition) is 2. The molecule has 31 heavy (non-hydrogen) atoms. The van der Waals surface area contributed by atoms with E-state index in [0.29, 0.717) is 16.5 Å². The van der Waals surface area contributed by atoms with Gasteiger partial charge in [0.25, 0.3) is 0 Å². The minimum Gasteiger partial charge on any atom is -0.508 e. The smallest absolute Gasteiger partial charge is 0.323 e. The summed E-state index contributed by atoms with van der Waals surface area (Å²) in [6.07, 6.45) is 4.74. The van der Waals surface area contributed by atoms with Crippen LogP contribution in [-0.4, -0.2) is 59.4 Å². The molecule has 2 aliphatic rings. The highest BCUT2D eigenvalue weighted by Crippen LogP contribution is 2.41. The zero-order valence-corrected chi connectivity index (χ0v) is 18.1. The highest BCUT2D eigenvalue weighted by atomic mass is 32.1. The molecule has 8 nitrogen and oxygen atoms in total. The van der Waals surface area contributed by atoms with Crippen molar-refractivity contribution in [3.8, 4) is 22.8 Å². The van der Waals surface area contributed by atoms with Crippen molar-refractivity contribution in [1.29, 1.82) is 0 Å². The third kappa shape index (κ3) is 3.79. The van der Waals surface area contributed by atoms with E-state index in [1.165, 1.54) is 11.3 Å². The fraction of sp³-hybridized carbons (Fsp3) is 0.409. The summed E-state index contributed by atoms with van der Waals surface area (Å²) in [5, 5.41) is 13.3. The average Bonchev–Trinajstić information content (AvgIpc) is 3.38. The monoisotopic (exact) mass is 440 g/mol. The predicted molar refractivity (Wildman–Crippen MR) is 119 cm³/mol. The molecule has 5 rings (SSSR count). The first-order valence-electron chi connectivity index (χ1n) is 10.3. The van der Waals surface area contributed by atoms with E-state index in [0.717, 1.165) is 61.4 Å². The zero-order valence-electron chi connectivity index (χ0n) is 17.3. The first-order chi connectivity index (χ1) is 15.1. The molecule has 0 bridgehead atoms. The van der Waals surface area contributed by atoms with E-state index >= 15 is 0 Å². The number of likely N-dealkylation sites (tertiary alicyclic amines) is 1. The Morgan fingerprint density at radius 1 is 1.32 bits per heavy atom. The summed E-state index contributed by atoms with van der Waals surface area (Å²) < 4.78 is 11.7. The van der Waals surface area contributed by atoms with Crippen molar-refractivity contribution >= 4 is 32.7 Å². The van der Waals surface area contributed by atoms with Gasteiger partial charge in [-0.25, -0.2) is 14.8 Å². The molecule has 2 N–H and O–H groups in total. The van der Waals surface area contributed by atoms with Crippen molar-refractivity contribution in [1.82, 2.24) is 14.9 Å². The molecule has 162 valence electrons. The average molecular weight is 441 g/mol. The molecule has 9 heteroatoms. The van der Waals surface area contributed by atoms with E-state index in [1.807, 2.05) is 11.0 Å². The molecule has 2 fully saturated rings. The van der Waals surface area contributed by atoms with Gasteiger partial charge in [0.1, 0.15) is 11.3 Å². The number of nitrogens with zero attached hydrogens (tertiary/aromatic N) is 3. The number of aromatic nitrogens is 2. The molecule has 3 aromatic rings. The number of ether oxygens (including phenoxy) is 2. The summed E-state index contributed by atoms with van der Waals surface area (Å²) >= 11 is 1.38. The van der Waals surface area contributed by atoms with E-state index in [1.54, 1.807) is 31.5 Å². The van der Waals surface area contributed by atoms with Crippen molar-refractivity contribution in [2.24, 2.45) is 5.41 Å². The van der Waals surface area contributed by atoms with Gasteiger partial charge in [0.15, 0.2) is 5.13 Å². The van der Waals surface area contributed by atoms with Crippen LogP contribution in [0.25, 0.3) is 21.3 Å². The Labute approximate surface area is 183 Å². The van der Waals surface area contributed by atoms with Crippen LogP contribution in [-0.2, 0) is 4.74 Å².